The molecule has 0 heterocycles. The molecule has 1 aromatic rings. The number of ketones is 1. The predicted molar refractivity (Wildman–Crippen MR) is 63.0 cm³/mol. The van der Waals surface area contributed by atoms with Crippen molar-refractivity contribution in [1.29, 1.82) is 0 Å². The standard InChI is InChI=1S/C13H18O3/c1-9-5-6-10(2)13(11(9)3)16-8-12(14)7-15-4/h5-6H,7-8H2,1-4H3. The first kappa shape index (κ1) is 12.7. The Morgan fingerprint density at radius 2 is 1.75 bits per heavy atom. The number of carbonyl (C=O) groups is 1. The van der Waals surface area contributed by atoms with Crippen molar-refractivity contribution in [3.05, 3.63) is 28.8 Å². The summed E-state index contributed by atoms with van der Waals surface area (Å²) in [5, 5.41) is 0. The summed E-state index contributed by atoms with van der Waals surface area (Å²) in [6, 6.07) is 4.05. The van der Waals surface area contributed by atoms with E-state index < -0.39 is 0 Å². The van der Waals surface area contributed by atoms with Gasteiger partial charge in [-0.05, 0) is 37.5 Å². The minimum atomic E-state index is -0.0530. The van der Waals surface area contributed by atoms with Crippen LogP contribution in [0.3, 0.4) is 0 Å². The van der Waals surface area contributed by atoms with Gasteiger partial charge in [0.15, 0.2) is 5.78 Å². The zero-order valence-electron chi connectivity index (χ0n) is 10.3. The van der Waals surface area contributed by atoms with Crippen LogP contribution < -0.4 is 4.74 Å². The fourth-order valence-electron chi connectivity index (χ4n) is 1.50. The van der Waals surface area contributed by atoms with E-state index in [4.69, 9.17) is 9.47 Å². The summed E-state index contributed by atoms with van der Waals surface area (Å²) in [6.07, 6.45) is 0. The van der Waals surface area contributed by atoms with E-state index in [1.807, 2.05) is 26.8 Å². The van der Waals surface area contributed by atoms with Crippen LogP contribution in [0.2, 0.25) is 0 Å². The summed E-state index contributed by atoms with van der Waals surface area (Å²) < 4.78 is 10.3. The third-order valence-corrected chi connectivity index (χ3v) is 2.56. The first-order chi connectivity index (χ1) is 7.56. The van der Waals surface area contributed by atoms with Crippen LogP contribution in [0.15, 0.2) is 12.1 Å². The molecule has 0 saturated carbocycles. The van der Waals surface area contributed by atoms with Crippen LogP contribution >= 0.6 is 0 Å². The molecule has 0 saturated heterocycles. The predicted octanol–water partition coefficient (Wildman–Crippen LogP) is 2.21. The molecule has 88 valence electrons. The average Bonchev–Trinajstić information content (AvgIpc) is 2.24. The zero-order chi connectivity index (χ0) is 12.1. The number of hydrogen-bond donors (Lipinski definition) is 0. The van der Waals surface area contributed by atoms with Crippen molar-refractivity contribution in [2.75, 3.05) is 20.3 Å². The maximum atomic E-state index is 11.3. The summed E-state index contributed by atoms with van der Waals surface area (Å²) >= 11 is 0. The van der Waals surface area contributed by atoms with E-state index in [1.165, 1.54) is 12.7 Å². The normalized spacial score (nSPS) is 10.2. The van der Waals surface area contributed by atoms with E-state index in [0.29, 0.717) is 0 Å². The Morgan fingerprint density at radius 3 is 2.38 bits per heavy atom. The number of Topliss-reactive ketones (excluding diaryl/α,β-unsaturated/α-hetero) is 1. The Bertz CT molecular complexity index is 383. The molecule has 0 aliphatic rings. The molecule has 0 atom stereocenters. The van der Waals surface area contributed by atoms with Gasteiger partial charge in [0.2, 0.25) is 0 Å². The Morgan fingerprint density at radius 1 is 1.12 bits per heavy atom. The molecule has 0 N–H and O–H groups in total. The van der Waals surface area contributed by atoms with Gasteiger partial charge in [-0.25, -0.2) is 0 Å². The number of rotatable bonds is 5. The first-order valence-corrected chi connectivity index (χ1v) is 5.26. The number of methoxy groups -OCH3 is 1. The lowest BCUT2D eigenvalue weighted by molar-refractivity contribution is -0.124. The number of aryl methyl sites for hydroxylation is 2. The minimum Gasteiger partial charge on any atom is -0.485 e. The third kappa shape index (κ3) is 3.07. The van der Waals surface area contributed by atoms with Crippen LogP contribution in [-0.4, -0.2) is 26.1 Å². The third-order valence-electron chi connectivity index (χ3n) is 2.56. The molecule has 3 nitrogen and oxygen atoms in total. The number of carbonyl (C=O) groups excluding carboxylic acids is 1. The Hall–Kier alpha value is -1.35. The average molecular weight is 222 g/mol. The zero-order valence-corrected chi connectivity index (χ0v) is 10.3. The molecule has 0 fully saturated rings. The van der Waals surface area contributed by atoms with Crippen molar-refractivity contribution in [2.45, 2.75) is 20.8 Å². The molecule has 0 aromatic heterocycles. The summed E-state index contributed by atoms with van der Waals surface area (Å²) in [6.45, 7) is 6.17. The quantitative estimate of drug-likeness (QED) is 0.766. The second-order valence-electron chi connectivity index (χ2n) is 3.91. The van der Waals surface area contributed by atoms with Gasteiger partial charge in [0.1, 0.15) is 19.0 Å². The molecule has 0 unspecified atom stereocenters. The van der Waals surface area contributed by atoms with Crippen LogP contribution in [0.5, 0.6) is 5.75 Å². The van der Waals surface area contributed by atoms with Crippen LogP contribution in [0.25, 0.3) is 0 Å². The summed E-state index contributed by atoms with van der Waals surface area (Å²) in [7, 11) is 1.50. The van der Waals surface area contributed by atoms with Gasteiger partial charge >= 0.3 is 0 Å². The van der Waals surface area contributed by atoms with Crippen LogP contribution in [0.1, 0.15) is 16.7 Å². The molecule has 0 amide bonds. The van der Waals surface area contributed by atoms with Crippen LogP contribution in [0.4, 0.5) is 0 Å². The van der Waals surface area contributed by atoms with E-state index in [0.717, 1.165) is 16.9 Å². The molecular formula is C13H18O3. The van der Waals surface area contributed by atoms with Crippen molar-refractivity contribution in [3.63, 3.8) is 0 Å². The molecule has 3 heteroatoms. The second kappa shape index (κ2) is 5.66. The lowest BCUT2D eigenvalue weighted by Gasteiger charge is -2.13. The van der Waals surface area contributed by atoms with Crippen molar-refractivity contribution >= 4 is 5.78 Å². The molecule has 1 aromatic carbocycles. The van der Waals surface area contributed by atoms with Gasteiger partial charge in [0, 0.05) is 7.11 Å². The van der Waals surface area contributed by atoms with Gasteiger partial charge in [0.05, 0.1) is 0 Å². The molecule has 0 aliphatic heterocycles. The van der Waals surface area contributed by atoms with Gasteiger partial charge in [0.25, 0.3) is 0 Å². The van der Waals surface area contributed by atoms with Gasteiger partial charge in [-0.3, -0.25) is 4.79 Å². The molecule has 0 radical (unpaired) electrons. The molecule has 1 rings (SSSR count). The highest BCUT2D eigenvalue weighted by Crippen LogP contribution is 2.25. The highest BCUT2D eigenvalue weighted by atomic mass is 16.5. The molecule has 0 bridgehead atoms. The fraction of sp³-hybridized carbons (Fsp3) is 0.462. The van der Waals surface area contributed by atoms with E-state index in [9.17, 15) is 4.79 Å². The smallest absolute Gasteiger partial charge is 0.195 e. The van der Waals surface area contributed by atoms with Gasteiger partial charge in [-0.1, -0.05) is 12.1 Å². The summed E-state index contributed by atoms with van der Waals surface area (Å²) in [5.74, 6) is 0.757. The van der Waals surface area contributed by atoms with Gasteiger partial charge in [-0.2, -0.15) is 0 Å². The van der Waals surface area contributed by atoms with Crippen molar-refractivity contribution in [1.82, 2.24) is 0 Å². The van der Waals surface area contributed by atoms with E-state index in [1.54, 1.807) is 0 Å². The van der Waals surface area contributed by atoms with Crippen LogP contribution in [0, 0.1) is 20.8 Å². The minimum absolute atomic E-state index is 0.0530. The number of ether oxygens (including phenoxy) is 2. The van der Waals surface area contributed by atoms with E-state index in [-0.39, 0.29) is 19.0 Å². The largest absolute Gasteiger partial charge is 0.485 e. The molecule has 0 spiro atoms. The fourth-order valence-corrected chi connectivity index (χ4v) is 1.50. The maximum Gasteiger partial charge on any atom is 0.195 e. The topological polar surface area (TPSA) is 35.5 Å². The Labute approximate surface area is 96.4 Å². The van der Waals surface area contributed by atoms with Gasteiger partial charge < -0.3 is 9.47 Å². The SMILES string of the molecule is COCC(=O)COc1c(C)ccc(C)c1C. The first-order valence-electron chi connectivity index (χ1n) is 5.26. The molecule has 16 heavy (non-hydrogen) atoms. The van der Waals surface area contributed by atoms with Crippen LogP contribution in [-0.2, 0) is 9.53 Å². The van der Waals surface area contributed by atoms with Gasteiger partial charge in [-0.15, -0.1) is 0 Å². The maximum absolute atomic E-state index is 11.3. The van der Waals surface area contributed by atoms with Crippen molar-refractivity contribution in [3.8, 4) is 5.75 Å². The number of benzene rings is 1. The lowest BCUT2D eigenvalue weighted by atomic mass is 10.1. The van der Waals surface area contributed by atoms with Crippen molar-refractivity contribution < 1.29 is 14.3 Å². The molecule has 0 aliphatic carbocycles. The monoisotopic (exact) mass is 222 g/mol. The Balaban J connectivity index is 2.74. The highest BCUT2D eigenvalue weighted by molar-refractivity contribution is 5.81. The summed E-state index contributed by atoms with van der Waals surface area (Å²) in [4.78, 5) is 11.3. The number of hydrogen-bond acceptors (Lipinski definition) is 3. The van der Waals surface area contributed by atoms with E-state index in [2.05, 4.69) is 6.07 Å². The lowest BCUT2D eigenvalue weighted by Crippen LogP contribution is -2.17. The summed E-state index contributed by atoms with van der Waals surface area (Å²) in [5.41, 5.74) is 3.30. The van der Waals surface area contributed by atoms with E-state index >= 15 is 0 Å². The van der Waals surface area contributed by atoms with Crippen molar-refractivity contribution in [2.24, 2.45) is 0 Å². The Kier molecular flexibility index (Phi) is 4.50. The second-order valence-corrected chi connectivity index (χ2v) is 3.91. The highest BCUT2D eigenvalue weighted by Gasteiger charge is 2.08. The molecular weight excluding hydrogens is 204 g/mol.